The fourth-order valence-corrected chi connectivity index (χ4v) is 3.86. The number of benzene rings is 1. The number of hydrogen-bond acceptors (Lipinski definition) is 9. The molecule has 2 heterocycles. The number of nitrogen functional groups attached to an aromatic ring is 1. The summed E-state index contributed by atoms with van der Waals surface area (Å²) < 4.78 is 56.3. The third-order valence-electron chi connectivity index (χ3n) is 4.67. The van der Waals surface area contributed by atoms with E-state index in [0.29, 0.717) is 0 Å². The molecular weight excluding hydrogens is 424 g/mol. The SMILES string of the molecule is CCS(=O)(=O)c1ccc(Oc2ncnc(N3CCC(F)(F)CC3)c2[N+](=O)[O-])c(N)c1. The lowest BCUT2D eigenvalue weighted by Gasteiger charge is -2.32. The van der Waals surface area contributed by atoms with E-state index >= 15 is 0 Å². The summed E-state index contributed by atoms with van der Waals surface area (Å²) in [6.45, 7) is 1.25. The first-order valence-corrected chi connectivity index (χ1v) is 10.6. The Morgan fingerprint density at radius 1 is 1.30 bits per heavy atom. The first-order chi connectivity index (χ1) is 14.0. The molecule has 1 aromatic heterocycles. The van der Waals surface area contributed by atoms with Crippen LogP contribution in [0.15, 0.2) is 29.4 Å². The molecule has 13 heteroatoms. The molecule has 3 rings (SSSR count). The fourth-order valence-electron chi connectivity index (χ4n) is 2.95. The van der Waals surface area contributed by atoms with Gasteiger partial charge >= 0.3 is 11.6 Å². The minimum absolute atomic E-state index is 0.0121. The molecule has 0 bridgehead atoms. The van der Waals surface area contributed by atoms with Crippen LogP contribution in [0.2, 0.25) is 0 Å². The summed E-state index contributed by atoms with van der Waals surface area (Å²) in [5, 5.41) is 11.7. The number of hydrogen-bond donors (Lipinski definition) is 1. The van der Waals surface area contributed by atoms with Crippen molar-refractivity contribution in [3.63, 3.8) is 0 Å². The van der Waals surface area contributed by atoms with Crippen molar-refractivity contribution in [2.45, 2.75) is 30.6 Å². The molecule has 1 saturated heterocycles. The first kappa shape index (κ1) is 21.6. The Hall–Kier alpha value is -3.09. The second kappa shape index (κ2) is 7.97. The Morgan fingerprint density at radius 3 is 2.53 bits per heavy atom. The standard InChI is InChI=1S/C17H19F2N5O5S/c1-2-30(27,28)11-3-4-13(12(20)9-11)29-16-14(24(25)26)15(21-10-22-16)23-7-5-17(18,19)6-8-23/h3-4,9-10H,2,5-8,20H2,1H3. The van der Waals surface area contributed by atoms with Gasteiger partial charge < -0.3 is 15.4 Å². The van der Waals surface area contributed by atoms with Crippen LogP contribution in [0.3, 0.4) is 0 Å². The van der Waals surface area contributed by atoms with Crippen LogP contribution in [0, 0.1) is 10.1 Å². The van der Waals surface area contributed by atoms with Gasteiger partial charge in [0.2, 0.25) is 5.82 Å². The van der Waals surface area contributed by atoms with E-state index in [4.69, 9.17) is 10.5 Å². The fraction of sp³-hybridized carbons (Fsp3) is 0.412. The molecule has 30 heavy (non-hydrogen) atoms. The van der Waals surface area contributed by atoms with Crippen LogP contribution in [0.5, 0.6) is 11.6 Å². The maximum Gasteiger partial charge on any atom is 0.373 e. The zero-order valence-electron chi connectivity index (χ0n) is 15.9. The lowest BCUT2D eigenvalue weighted by atomic mass is 10.1. The van der Waals surface area contributed by atoms with Crippen LogP contribution in [0.1, 0.15) is 19.8 Å². The van der Waals surface area contributed by atoms with E-state index in [1.54, 1.807) is 0 Å². The number of sulfone groups is 1. The van der Waals surface area contributed by atoms with Gasteiger partial charge in [0, 0.05) is 25.9 Å². The smallest absolute Gasteiger partial charge is 0.373 e. The second-order valence-electron chi connectivity index (χ2n) is 6.66. The van der Waals surface area contributed by atoms with Crippen molar-refractivity contribution in [3.05, 3.63) is 34.6 Å². The van der Waals surface area contributed by atoms with E-state index < -0.39 is 45.1 Å². The number of nitrogens with zero attached hydrogens (tertiary/aromatic N) is 4. The molecule has 0 radical (unpaired) electrons. The average molecular weight is 443 g/mol. The Morgan fingerprint density at radius 2 is 1.97 bits per heavy atom. The average Bonchev–Trinajstić information content (AvgIpc) is 2.69. The summed E-state index contributed by atoms with van der Waals surface area (Å²) in [7, 11) is -3.50. The van der Waals surface area contributed by atoms with E-state index in [0.717, 1.165) is 6.33 Å². The van der Waals surface area contributed by atoms with Crippen molar-refractivity contribution in [2.75, 3.05) is 29.5 Å². The van der Waals surface area contributed by atoms with Crippen molar-refractivity contribution in [3.8, 4) is 11.6 Å². The lowest BCUT2D eigenvalue weighted by molar-refractivity contribution is -0.385. The molecule has 0 saturated carbocycles. The number of ether oxygens (including phenoxy) is 1. The number of nitro groups is 1. The summed E-state index contributed by atoms with van der Waals surface area (Å²) in [6, 6.07) is 3.73. The Kier molecular flexibility index (Phi) is 5.74. The van der Waals surface area contributed by atoms with E-state index in [2.05, 4.69) is 9.97 Å². The van der Waals surface area contributed by atoms with E-state index in [1.165, 1.54) is 30.0 Å². The Bertz CT molecular complexity index is 1070. The number of piperidine rings is 1. The van der Waals surface area contributed by atoms with Crippen molar-refractivity contribution >= 4 is 27.0 Å². The number of anilines is 2. The Labute approximate surface area is 170 Å². The highest BCUT2D eigenvalue weighted by Crippen LogP contribution is 2.40. The van der Waals surface area contributed by atoms with Crippen molar-refractivity contribution in [2.24, 2.45) is 0 Å². The largest absolute Gasteiger partial charge is 0.431 e. The number of halogens is 2. The van der Waals surface area contributed by atoms with E-state index in [-0.39, 0.29) is 41.0 Å². The van der Waals surface area contributed by atoms with Crippen LogP contribution in [-0.4, -0.2) is 48.1 Å². The molecule has 0 aliphatic carbocycles. The minimum atomic E-state index is -3.50. The number of rotatable bonds is 6. The maximum absolute atomic E-state index is 13.4. The summed E-state index contributed by atoms with van der Waals surface area (Å²) >= 11 is 0. The molecule has 10 nitrogen and oxygen atoms in total. The third-order valence-corrected chi connectivity index (χ3v) is 6.41. The van der Waals surface area contributed by atoms with Gasteiger partial charge in [-0.1, -0.05) is 6.92 Å². The molecule has 162 valence electrons. The highest BCUT2D eigenvalue weighted by Gasteiger charge is 2.38. The van der Waals surface area contributed by atoms with Gasteiger partial charge in [0.15, 0.2) is 15.6 Å². The number of nitrogens with two attached hydrogens (primary N) is 1. The predicted octanol–water partition coefficient (Wildman–Crippen LogP) is 2.79. The van der Waals surface area contributed by atoms with E-state index in [1.807, 2.05) is 0 Å². The molecule has 0 unspecified atom stereocenters. The lowest BCUT2D eigenvalue weighted by Crippen LogP contribution is -2.40. The van der Waals surface area contributed by atoms with Gasteiger partial charge in [-0.2, -0.15) is 4.98 Å². The predicted molar refractivity (Wildman–Crippen MR) is 104 cm³/mol. The van der Waals surface area contributed by atoms with Crippen molar-refractivity contribution in [1.82, 2.24) is 9.97 Å². The van der Waals surface area contributed by atoms with E-state index in [9.17, 15) is 27.3 Å². The monoisotopic (exact) mass is 443 g/mol. The number of aromatic nitrogens is 2. The van der Waals surface area contributed by atoms with Gasteiger partial charge in [-0.15, -0.1) is 0 Å². The summed E-state index contributed by atoms with van der Waals surface area (Å²) in [4.78, 5) is 20.0. The molecule has 1 fully saturated rings. The molecular formula is C17H19F2N5O5S. The summed E-state index contributed by atoms with van der Waals surface area (Å²) in [5.41, 5.74) is 5.21. The maximum atomic E-state index is 13.4. The Balaban J connectivity index is 1.95. The van der Waals surface area contributed by atoms with Crippen LogP contribution < -0.4 is 15.4 Å². The van der Waals surface area contributed by atoms with Gasteiger partial charge in [-0.05, 0) is 18.2 Å². The minimum Gasteiger partial charge on any atom is -0.431 e. The normalized spacial score (nSPS) is 16.3. The van der Waals surface area contributed by atoms with Crippen LogP contribution >= 0.6 is 0 Å². The molecule has 1 aliphatic rings. The van der Waals surface area contributed by atoms with Crippen LogP contribution in [0.4, 0.5) is 26.0 Å². The highest BCUT2D eigenvalue weighted by molar-refractivity contribution is 7.91. The van der Waals surface area contributed by atoms with Gasteiger partial charge in [0.05, 0.1) is 21.3 Å². The number of alkyl halides is 2. The molecule has 2 aromatic rings. The van der Waals surface area contributed by atoms with Crippen LogP contribution in [-0.2, 0) is 9.84 Å². The van der Waals surface area contributed by atoms with Gasteiger partial charge in [-0.3, -0.25) is 10.1 Å². The zero-order valence-corrected chi connectivity index (χ0v) is 16.7. The van der Waals surface area contributed by atoms with Gasteiger partial charge in [0.25, 0.3) is 5.92 Å². The summed E-state index contributed by atoms with van der Waals surface area (Å²) in [5.74, 6) is -3.55. The molecule has 1 aromatic carbocycles. The third kappa shape index (κ3) is 4.40. The van der Waals surface area contributed by atoms with Gasteiger partial charge in [0.1, 0.15) is 6.33 Å². The molecule has 2 N–H and O–H groups in total. The van der Waals surface area contributed by atoms with Crippen molar-refractivity contribution in [1.29, 1.82) is 0 Å². The van der Waals surface area contributed by atoms with Crippen LogP contribution in [0.25, 0.3) is 0 Å². The molecule has 0 atom stereocenters. The van der Waals surface area contributed by atoms with Crippen molar-refractivity contribution < 1.29 is 26.9 Å². The zero-order chi connectivity index (χ0) is 22.1. The first-order valence-electron chi connectivity index (χ1n) is 8.96. The summed E-state index contributed by atoms with van der Waals surface area (Å²) in [6.07, 6.45) is 0.117. The molecule has 0 spiro atoms. The highest BCUT2D eigenvalue weighted by atomic mass is 32.2. The van der Waals surface area contributed by atoms with Gasteiger partial charge in [-0.25, -0.2) is 22.2 Å². The topological polar surface area (TPSA) is 142 Å². The molecule has 1 aliphatic heterocycles. The molecule has 0 amide bonds. The second-order valence-corrected chi connectivity index (χ2v) is 8.93. The quantitative estimate of drug-likeness (QED) is 0.405.